The molecule has 3 nitrogen and oxygen atoms in total. The molecule has 0 saturated carbocycles. The third-order valence-electron chi connectivity index (χ3n) is 3.17. The highest BCUT2D eigenvalue weighted by Crippen LogP contribution is 2.37. The Morgan fingerprint density at radius 1 is 1.16 bits per heavy atom. The summed E-state index contributed by atoms with van der Waals surface area (Å²) in [4.78, 5) is 24.3. The number of carbonyl (C=O) groups excluding carboxylic acids is 2. The van der Waals surface area contributed by atoms with Crippen molar-refractivity contribution in [2.45, 2.75) is 0 Å². The minimum atomic E-state index is -0.225. The smallest absolute Gasteiger partial charge is 0.204 e. The number of methoxy groups -OCH3 is 1. The van der Waals surface area contributed by atoms with Crippen LogP contribution >= 0.6 is 15.9 Å². The van der Waals surface area contributed by atoms with Crippen LogP contribution in [0.4, 0.5) is 0 Å². The monoisotopic (exact) mass is 316 g/mol. The first-order chi connectivity index (χ1) is 9.13. The van der Waals surface area contributed by atoms with Crippen molar-refractivity contribution in [3.63, 3.8) is 0 Å². The van der Waals surface area contributed by atoms with Crippen LogP contribution in [0.25, 0.3) is 10.8 Å². The van der Waals surface area contributed by atoms with Gasteiger partial charge >= 0.3 is 0 Å². The van der Waals surface area contributed by atoms with E-state index < -0.39 is 0 Å². The van der Waals surface area contributed by atoms with Crippen LogP contribution in [0.15, 0.2) is 40.9 Å². The summed E-state index contributed by atoms with van der Waals surface area (Å²) in [6.45, 7) is 0. The normalized spacial score (nSPS) is 14.3. The van der Waals surface area contributed by atoms with Gasteiger partial charge in [0, 0.05) is 17.0 Å². The third-order valence-corrected chi connectivity index (χ3v) is 3.76. The molecule has 0 N–H and O–H groups in total. The lowest BCUT2D eigenvalue weighted by molar-refractivity contribution is 0.0989. The summed E-state index contributed by atoms with van der Waals surface area (Å²) in [5, 5.41) is 1.71. The summed E-state index contributed by atoms with van der Waals surface area (Å²) in [5.74, 6) is 0.0410. The number of ether oxygens (including phenoxy) is 1. The lowest BCUT2D eigenvalue weighted by Crippen LogP contribution is -2.16. The van der Waals surface area contributed by atoms with Gasteiger partial charge in [-0.05, 0) is 27.4 Å². The molecule has 0 bridgehead atoms. The zero-order chi connectivity index (χ0) is 13.6. The van der Waals surface area contributed by atoms with Crippen molar-refractivity contribution in [2.24, 2.45) is 0 Å². The van der Waals surface area contributed by atoms with Crippen LogP contribution < -0.4 is 4.74 Å². The van der Waals surface area contributed by atoms with Crippen LogP contribution in [0.2, 0.25) is 0 Å². The van der Waals surface area contributed by atoms with Crippen LogP contribution in [0, 0.1) is 0 Å². The second kappa shape index (κ2) is 4.31. The highest BCUT2D eigenvalue weighted by atomic mass is 79.9. The van der Waals surface area contributed by atoms with E-state index in [9.17, 15) is 9.59 Å². The lowest BCUT2D eigenvalue weighted by atomic mass is 9.90. The molecule has 4 heteroatoms. The standard InChI is InChI=1S/C15H9BrO3/c1-19-15-9-5-3-2-4-8(9)6-10-12(17)7-11(16)14(18)13(10)15/h2-7H,1H3. The van der Waals surface area contributed by atoms with Gasteiger partial charge in [0.25, 0.3) is 0 Å². The number of carbonyl (C=O) groups is 2. The Kier molecular flexibility index (Phi) is 2.75. The molecule has 0 fully saturated rings. The minimum absolute atomic E-state index is 0.189. The quantitative estimate of drug-likeness (QED) is 0.808. The van der Waals surface area contributed by atoms with Gasteiger partial charge < -0.3 is 4.74 Å². The van der Waals surface area contributed by atoms with Crippen LogP contribution in [0.1, 0.15) is 20.7 Å². The minimum Gasteiger partial charge on any atom is -0.495 e. The average molecular weight is 317 g/mol. The Morgan fingerprint density at radius 3 is 2.63 bits per heavy atom. The average Bonchev–Trinajstić information content (AvgIpc) is 2.42. The number of rotatable bonds is 1. The van der Waals surface area contributed by atoms with Gasteiger partial charge in [-0.1, -0.05) is 24.3 Å². The molecule has 0 amide bonds. The predicted molar refractivity (Wildman–Crippen MR) is 76.2 cm³/mol. The summed E-state index contributed by atoms with van der Waals surface area (Å²) in [7, 11) is 1.51. The highest BCUT2D eigenvalue weighted by molar-refractivity contribution is 9.12. The molecule has 0 heterocycles. The molecule has 1 aliphatic rings. The second-order valence-electron chi connectivity index (χ2n) is 4.24. The van der Waals surface area contributed by atoms with Crippen LogP contribution in [0.5, 0.6) is 5.75 Å². The maximum absolute atomic E-state index is 12.2. The maximum Gasteiger partial charge on any atom is 0.204 e. The number of allylic oxidation sites excluding steroid dienone is 2. The number of fused-ring (bicyclic) bond motifs is 2. The van der Waals surface area contributed by atoms with Gasteiger partial charge in [-0.2, -0.15) is 0 Å². The highest BCUT2D eigenvalue weighted by Gasteiger charge is 2.29. The van der Waals surface area contributed by atoms with Crippen molar-refractivity contribution in [2.75, 3.05) is 7.11 Å². The van der Waals surface area contributed by atoms with Crippen molar-refractivity contribution in [3.8, 4) is 5.75 Å². The second-order valence-corrected chi connectivity index (χ2v) is 5.09. The summed E-state index contributed by atoms with van der Waals surface area (Å²) in [6.07, 6.45) is 1.30. The van der Waals surface area contributed by atoms with E-state index in [1.54, 1.807) is 6.07 Å². The number of benzene rings is 2. The Morgan fingerprint density at radius 2 is 1.89 bits per heavy atom. The van der Waals surface area contributed by atoms with E-state index >= 15 is 0 Å². The summed E-state index contributed by atoms with van der Waals surface area (Å²) >= 11 is 3.13. The molecular formula is C15H9BrO3. The molecule has 0 radical (unpaired) electrons. The maximum atomic E-state index is 12.2. The molecular weight excluding hydrogens is 308 g/mol. The Hall–Kier alpha value is -1.94. The fraction of sp³-hybridized carbons (Fsp3) is 0.0667. The zero-order valence-corrected chi connectivity index (χ0v) is 11.7. The number of ketones is 2. The van der Waals surface area contributed by atoms with Gasteiger partial charge in [0.15, 0.2) is 5.78 Å². The Bertz CT molecular complexity index is 759. The molecule has 19 heavy (non-hydrogen) atoms. The van der Waals surface area contributed by atoms with Crippen molar-refractivity contribution < 1.29 is 14.3 Å². The SMILES string of the molecule is COc1c2c(cc3ccccc13)C(=O)C=C(Br)C2=O. The van der Waals surface area contributed by atoms with Crippen LogP contribution in [-0.2, 0) is 0 Å². The molecule has 0 unspecified atom stereocenters. The van der Waals surface area contributed by atoms with Crippen LogP contribution in [-0.4, -0.2) is 18.7 Å². The molecule has 0 atom stereocenters. The van der Waals surface area contributed by atoms with Crippen molar-refractivity contribution in [1.82, 2.24) is 0 Å². The van der Waals surface area contributed by atoms with Gasteiger partial charge in [-0.25, -0.2) is 0 Å². The first kappa shape index (κ1) is 12.1. The first-order valence-corrected chi connectivity index (χ1v) is 6.48. The molecule has 0 spiro atoms. The van der Waals surface area contributed by atoms with Crippen molar-refractivity contribution in [3.05, 3.63) is 52.0 Å². The van der Waals surface area contributed by atoms with Gasteiger partial charge in [0.05, 0.1) is 17.2 Å². The first-order valence-electron chi connectivity index (χ1n) is 5.69. The molecule has 3 rings (SSSR count). The number of halogens is 1. The Balaban J connectivity index is 2.47. The number of hydrogen-bond acceptors (Lipinski definition) is 3. The lowest BCUT2D eigenvalue weighted by Gasteiger charge is -2.17. The fourth-order valence-electron chi connectivity index (χ4n) is 2.32. The number of Topliss-reactive ketones (excluding diaryl/α,β-unsaturated/α-hetero) is 1. The van der Waals surface area contributed by atoms with Gasteiger partial charge in [-0.3, -0.25) is 9.59 Å². The summed E-state index contributed by atoms with van der Waals surface area (Å²) in [5.41, 5.74) is 0.726. The molecule has 2 aromatic rings. The van der Waals surface area contributed by atoms with Gasteiger partial charge in [-0.15, -0.1) is 0 Å². The van der Waals surface area contributed by atoms with E-state index in [-0.39, 0.29) is 16.0 Å². The predicted octanol–water partition coefficient (Wildman–Crippen LogP) is 3.51. The zero-order valence-electron chi connectivity index (χ0n) is 10.1. The summed E-state index contributed by atoms with van der Waals surface area (Å²) in [6, 6.07) is 9.26. The van der Waals surface area contributed by atoms with Crippen molar-refractivity contribution >= 4 is 38.3 Å². The molecule has 2 aromatic carbocycles. The van der Waals surface area contributed by atoms with E-state index in [0.29, 0.717) is 16.9 Å². The van der Waals surface area contributed by atoms with E-state index in [4.69, 9.17) is 4.74 Å². The fourth-order valence-corrected chi connectivity index (χ4v) is 2.73. The van der Waals surface area contributed by atoms with Gasteiger partial charge in [0.2, 0.25) is 5.78 Å². The third kappa shape index (κ3) is 1.71. The van der Waals surface area contributed by atoms with E-state index in [0.717, 1.165) is 10.8 Å². The van der Waals surface area contributed by atoms with E-state index in [1.807, 2.05) is 24.3 Å². The molecule has 94 valence electrons. The van der Waals surface area contributed by atoms with Crippen LogP contribution in [0.3, 0.4) is 0 Å². The molecule has 0 saturated heterocycles. The van der Waals surface area contributed by atoms with Crippen molar-refractivity contribution in [1.29, 1.82) is 0 Å². The van der Waals surface area contributed by atoms with E-state index in [1.165, 1.54) is 13.2 Å². The van der Waals surface area contributed by atoms with E-state index in [2.05, 4.69) is 15.9 Å². The van der Waals surface area contributed by atoms with Gasteiger partial charge in [0.1, 0.15) is 5.75 Å². The Labute approximate surface area is 118 Å². The molecule has 0 aliphatic heterocycles. The molecule has 1 aliphatic carbocycles. The molecule has 0 aromatic heterocycles. The summed E-state index contributed by atoms with van der Waals surface area (Å²) < 4.78 is 5.63. The largest absolute Gasteiger partial charge is 0.495 e. The number of hydrogen-bond donors (Lipinski definition) is 0. The topological polar surface area (TPSA) is 43.4 Å².